The molecule has 0 bridgehead atoms. The van der Waals surface area contributed by atoms with Crippen LogP contribution in [0.3, 0.4) is 0 Å². The Kier molecular flexibility index (Phi) is 4.30. The summed E-state index contributed by atoms with van der Waals surface area (Å²) >= 11 is 1.57. The Balaban J connectivity index is 1.93. The molecule has 0 atom stereocenters. The molecule has 0 aliphatic carbocycles. The van der Waals surface area contributed by atoms with Gasteiger partial charge in [-0.2, -0.15) is 0 Å². The van der Waals surface area contributed by atoms with E-state index in [-0.39, 0.29) is 0 Å². The second kappa shape index (κ2) is 6.15. The molecule has 0 amide bonds. The minimum Gasteiger partial charge on any atom is -0.486 e. The first-order valence-electron chi connectivity index (χ1n) is 5.68. The van der Waals surface area contributed by atoms with E-state index in [1.165, 1.54) is 6.08 Å². The van der Waals surface area contributed by atoms with Gasteiger partial charge in [0.15, 0.2) is 0 Å². The van der Waals surface area contributed by atoms with Gasteiger partial charge in [0.1, 0.15) is 17.4 Å². The van der Waals surface area contributed by atoms with E-state index >= 15 is 0 Å². The zero-order chi connectivity index (χ0) is 13.7. The smallest absolute Gasteiger partial charge is 0.328 e. The zero-order valence-electron chi connectivity index (χ0n) is 10.4. The lowest BCUT2D eigenvalue weighted by Crippen LogP contribution is -1.94. The summed E-state index contributed by atoms with van der Waals surface area (Å²) in [6.45, 7) is 2.40. The molecule has 4 nitrogen and oxygen atoms in total. The molecule has 98 valence electrons. The van der Waals surface area contributed by atoms with Crippen LogP contribution in [0.2, 0.25) is 0 Å². The highest BCUT2D eigenvalue weighted by Gasteiger charge is 2.00. The number of aliphatic carboxylic acids is 1. The molecule has 2 aromatic rings. The normalized spacial score (nSPS) is 10.8. The molecule has 19 heavy (non-hydrogen) atoms. The van der Waals surface area contributed by atoms with Crippen LogP contribution in [0.1, 0.15) is 16.3 Å². The van der Waals surface area contributed by atoms with Crippen LogP contribution in [0, 0.1) is 6.92 Å². The Hall–Kier alpha value is -2.14. The van der Waals surface area contributed by atoms with E-state index in [9.17, 15) is 4.79 Å². The maximum atomic E-state index is 10.4. The SMILES string of the molecule is Cc1csc(COc2ccc(C=CC(=O)O)cc2)n1. The topological polar surface area (TPSA) is 59.4 Å². The summed E-state index contributed by atoms with van der Waals surface area (Å²) < 4.78 is 5.59. The first-order valence-corrected chi connectivity index (χ1v) is 6.56. The summed E-state index contributed by atoms with van der Waals surface area (Å²) in [6, 6.07) is 7.23. The third-order valence-corrected chi connectivity index (χ3v) is 3.27. The number of ether oxygens (including phenoxy) is 1. The molecular formula is C14H13NO3S. The van der Waals surface area contributed by atoms with E-state index in [2.05, 4.69) is 4.98 Å². The Morgan fingerprint density at radius 1 is 1.42 bits per heavy atom. The number of hydrogen-bond acceptors (Lipinski definition) is 4. The van der Waals surface area contributed by atoms with Crippen molar-refractivity contribution >= 4 is 23.4 Å². The van der Waals surface area contributed by atoms with Gasteiger partial charge in [-0.1, -0.05) is 12.1 Å². The van der Waals surface area contributed by atoms with Crippen LogP contribution in [0.25, 0.3) is 6.08 Å². The summed E-state index contributed by atoms with van der Waals surface area (Å²) in [7, 11) is 0. The van der Waals surface area contributed by atoms with Crippen LogP contribution in [0.15, 0.2) is 35.7 Å². The number of carboxylic acids is 1. The summed E-state index contributed by atoms with van der Waals surface area (Å²) in [5, 5.41) is 11.4. The van der Waals surface area contributed by atoms with Gasteiger partial charge in [-0.3, -0.25) is 0 Å². The summed E-state index contributed by atoms with van der Waals surface area (Å²) in [5.74, 6) is -0.222. The summed E-state index contributed by atoms with van der Waals surface area (Å²) in [5.41, 5.74) is 1.82. The van der Waals surface area contributed by atoms with Crippen molar-refractivity contribution in [2.45, 2.75) is 13.5 Å². The van der Waals surface area contributed by atoms with Gasteiger partial charge < -0.3 is 9.84 Å². The molecule has 0 saturated heterocycles. The number of thiazole rings is 1. The van der Waals surface area contributed by atoms with Crippen molar-refractivity contribution in [2.75, 3.05) is 0 Å². The lowest BCUT2D eigenvalue weighted by atomic mass is 10.2. The molecule has 1 aromatic heterocycles. The fourth-order valence-corrected chi connectivity index (χ4v) is 2.14. The Labute approximate surface area is 115 Å². The van der Waals surface area contributed by atoms with Crippen LogP contribution in [-0.4, -0.2) is 16.1 Å². The van der Waals surface area contributed by atoms with E-state index in [4.69, 9.17) is 9.84 Å². The summed E-state index contributed by atoms with van der Waals surface area (Å²) in [4.78, 5) is 14.7. The number of aryl methyl sites for hydroxylation is 1. The first-order chi connectivity index (χ1) is 9.13. The Morgan fingerprint density at radius 2 is 2.16 bits per heavy atom. The molecule has 0 fully saturated rings. The monoisotopic (exact) mass is 275 g/mol. The second-order valence-corrected chi connectivity index (χ2v) is 4.85. The van der Waals surface area contributed by atoms with Crippen LogP contribution in [0.5, 0.6) is 5.75 Å². The van der Waals surface area contributed by atoms with Gasteiger partial charge in [-0.15, -0.1) is 11.3 Å². The Bertz CT molecular complexity index is 587. The van der Waals surface area contributed by atoms with Crippen molar-refractivity contribution in [2.24, 2.45) is 0 Å². The van der Waals surface area contributed by atoms with Crippen LogP contribution < -0.4 is 4.74 Å². The van der Waals surface area contributed by atoms with E-state index in [1.807, 2.05) is 36.6 Å². The third kappa shape index (κ3) is 4.22. The molecule has 0 unspecified atom stereocenters. The van der Waals surface area contributed by atoms with Crippen molar-refractivity contribution < 1.29 is 14.6 Å². The molecule has 0 aliphatic rings. The fourth-order valence-electron chi connectivity index (χ4n) is 1.46. The summed E-state index contributed by atoms with van der Waals surface area (Å²) in [6.07, 6.45) is 2.64. The Morgan fingerprint density at radius 3 is 2.74 bits per heavy atom. The molecule has 5 heteroatoms. The van der Waals surface area contributed by atoms with Gasteiger partial charge in [0.05, 0.1) is 0 Å². The molecule has 0 radical (unpaired) electrons. The number of benzene rings is 1. The molecule has 0 aliphatic heterocycles. The quantitative estimate of drug-likeness (QED) is 0.852. The molecule has 2 rings (SSSR count). The molecule has 1 aromatic carbocycles. The number of rotatable bonds is 5. The van der Waals surface area contributed by atoms with Crippen LogP contribution in [0.4, 0.5) is 0 Å². The number of hydrogen-bond donors (Lipinski definition) is 1. The van der Waals surface area contributed by atoms with Crippen molar-refractivity contribution in [1.29, 1.82) is 0 Å². The third-order valence-electron chi connectivity index (χ3n) is 2.33. The van der Waals surface area contributed by atoms with Gasteiger partial charge >= 0.3 is 5.97 Å². The van der Waals surface area contributed by atoms with Crippen LogP contribution in [-0.2, 0) is 11.4 Å². The molecule has 0 spiro atoms. The van der Waals surface area contributed by atoms with Gasteiger partial charge in [-0.25, -0.2) is 9.78 Å². The van der Waals surface area contributed by atoms with Gasteiger partial charge in [0.2, 0.25) is 0 Å². The van der Waals surface area contributed by atoms with E-state index in [0.717, 1.165) is 28.1 Å². The number of carbonyl (C=O) groups is 1. The number of aromatic nitrogens is 1. The highest BCUT2D eigenvalue weighted by Crippen LogP contribution is 2.16. The van der Waals surface area contributed by atoms with Crippen molar-refractivity contribution in [1.82, 2.24) is 4.98 Å². The first kappa shape index (κ1) is 13.3. The number of nitrogens with zero attached hydrogens (tertiary/aromatic N) is 1. The lowest BCUT2D eigenvalue weighted by molar-refractivity contribution is -0.131. The highest BCUT2D eigenvalue weighted by molar-refractivity contribution is 7.09. The van der Waals surface area contributed by atoms with Gasteiger partial charge in [0.25, 0.3) is 0 Å². The second-order valence-electron chi connectivity index (χ2n) is 3.91. The maximum absolute atomic E-state index is 10.4. The zero-order valence-corrected chi connectivity index (χ0v) is 11.2. The van der Waals surface area contributed by atoms with E-state index < -0.39 is 5.97 Å². The van der Waals surface area contributed by atoms with Crippen molar-refractivity contribution in [3.05, 3.63) is 52.0 Å². The molecule has 0 saturated carbocycles. The van der Waals surface area contributed by atoms with Crippen molar-refractivity contribution in [3.8, 4) is 5.75 Å². The van der Waals surface area contributed by atoms with E-state index in [0.29, 0.717) is 6.61 Å². The van der Waals surface area contributed by atoms with E-state index in [1.54, 1.807) is 11.3 Å². The van der Waals surface area contributed by atoms with Gasteiger partial charge in [0, 0.05) is 17.2 Å². The van der Waals surface area contributed by atoms with Crippen LogP contribution >= 0.6 is 11.3 Å². The predicted octanol–water partition coefficient (Wildman–Crippen LogP) is 3.13. The molecule has 1 N–H and O–H groups in total. The standard InChI is InChI=1S/C14H13NO3S/c1-10-9-19-13(15-10)8-18-12-5-2-11(3-6-12)4-7-14(16)17/h2-7,9H,8H2,1H3,(H,16,17). The molecule has 1 heterocycles. The van der Waals surface area contributed by atoms with Gasteiger partial charge in [-0.05, 0) is 30.7 Å². The minimum atomic E-state index is -0.959. The largest absolute Gasteiger partial charge is 0.486 e. The average Bonchev–Trinajstić information content (AvgIpc) is 2.81. The minimum absolute atomic E-state index is 0.447. The maximum Gasteiger partial charge on any atom is 0.328 e. The fraction of sp³-hybridized carbons (Fsp3) is 0.143. The average molecular weight is 275 g/mol. The number of carboxylic acid groups (broad SMARTS) is 1. The predicted molar refractivity (Wildman–Crippen MR) is 74.3 cm³/mol. The lowest BCUT2D eigenvalue weighted by Gasteiger charge is -2.04. The van der Waals surface area contributed by atoms with Crippen molar-refractivity contribution in [3.63, 3.8) is 0 Å². The highest BCUT2D eigenvalue weighted by atomic mass is 32.1. The molecular weight excluding hydrogens is 262 g/mol.